The molecule has 0 aliphatic rings. The van der Waals surface area contributed by atoms with Gasteiger partial charge in [-0.3, -0.25) is 0 Å². The van der Waals surface area contributed by atoms with Crippen molar-refractivity contribution in [2.24, 2.45) is 7.05 Å². The number of rotatable bonds is 1. The second-order valence-electron chi connectivity index (χ2n) is 3.50. The molecule has 0 saturated heterocycles. The van der Waals surface area contributed by atoms with Gasteiger partial charge in [-0.1, -0.05) is 0 Å². The van der Waals surface area contributed by atoms with Gasteiger partial charge in [0.15, 0.2) is 0 Å². The van der Waals surface area contributed by atoms with Crippen LogP contribution >= 0.6 is 27.3 Å². The zero-order valence-electron chi connectivity index (χ0n) is 8.51. The quantitative estimate of drug-likeness (QED) is 0.688. The Balaban J connectivity index is 2.32. The van der Waals surface area contributed by atoms with Gasteiger partial charge < -0.3 is 4.57 Å². The van der Waals surface area contributed by atoms with Crippen molar-refractivity contribution in [1.29, 1.82) is 0 Å². The van der Waals surface area contributed by atoms with Gasteiger partial charge in [0, 0.05) is 30.4 Å². The van der Waals surface area contributed by atoms with Crippen LogP contribution in [0, 0.1) is 0 Å². The highest BCUT2D eigenvalue weighted by atomic mass is 79.9. The Bertz CT molecular complexity index is 656. The fraction of sp³-hybridized carbons (Fsp3) is 0.0909. The Morgan fingerprint density at radius 3 is 3.00 bits per heavy atom. The first kappa shape index (κ1) is 9.99. The number of nitrogens with zero attached hydrogens (tertiary/aromatic N) is 3. The SMILES string of the molecule is Cn1cc(-c2ncc(Br)s2)c2cccnc21. The van der Waals surface area contributed by atoms with E-state index in [0.29, 0.717) is 0 Å². The molecule has 80 valence electrons. The topological polar surface area (TPSA) is 30.7 Å². The third-order valence-corrected chi connectivity index (χ3v) is 3.95. The van der Waals surface area contributed by atoms with E-state index in [-0.39, 0.29) is 0 Å². The van der Waals surface area contributed by atoms with E-state index in [4.69, 9.17) is 0 Å². The van der Waals surface area contributed by atoms with Crippen molar-refractivity contribution in [1.82, 2.24) is 14.5 Å². The molecule has 0 bridgehead atoms. The lowest BCUT2D eigenvalue weighted by atomic mass is 10.2. The van der Waals surface area contributed by atoms with Gasteiger partial charge in [0.2, 0.25) is 0 Å². The number of halogens is 1. The van der Waals surface area contributed by atoms with E-state index < -0.39 is 0 Å². The normalized spacial score (nSPS) is 11.1. The summed E-state index contributed by atoms with van der Waals surface area (Å²) in [5.74, 6) is 0. The molecule has 3 aromatic rings. The highest BCUT2D eigenvalue weighted by molar-refractivity contribution is 9.11. The fourth-order valence-corrected chi connectivity index (χ4v) is 2.99. The van der Waals surface area contributed by atoms with Crippen molar-refractivity contribution in [3.8, 4) is 10.6 Å². The molecule has 0 fully saturated rings. The molecule has 0 spiro atoms. The standard InChI is InChI=1S/C11H8BrN3S/c1-15-6-8(11-14-5-9(12)16-11)7-3-2-4-13-10(7)15/h2-6H,1H3. The third kappa shape index (κ3) is 1.47. The zero-order chi connectivity index (χ0) is 11.1. The van der Waals surface area contributed by atoms with E-state index >= 15 is 0 Å². The van der Waals surface area contributed by atoms with Crippen molar-refractivity contribution in [3.63, 3.8) is 0 Å². The fourth-order valence-electron chi connectivity index (χ4n) is 1.76. The summed E-state index contributed by atoms with van der Waals surface area (Å²) in [6.07, 6.45) is 5.71. The Kier molecular flexibility index (Phi) is 2.29. The molecule has 3 rings (SSSR count). The molecule has 0 aliphatic carbocycles. The first-order valence-electron chi connectivity index (χ1n) is 4.77. The summed E-state index contributed by atoms with van der Waals surface area (Å²) in [6, 6.07) is 4.03. The number of pyridine rings is 1. The summed E-state index contributed by atoms with van der Waals surface area (Å²) < 4.78 is 3.07. The number of fused-ring (bicyclic) bond motifs is 1. The van der Waals surface area contributed by atoms with Crippen LogP contribution in [0.5, 0.6) is 0 Å². The molecule has 3 nitrogen and oxygen atoms in total. The molecule has 0 amide bonds. The lowest BCUT2D eigenvalue weighted by Crippen LogP contribution is -1.85. The molecule has 0 unspecified atom stereocenters. The van der Waals surface area contributed by atoms with E-state index in [1.807, 2.05) is 30.1 Å². The lowest BCUT2D eigenvalue weighted by Gasteiger charge is -1.92. The Morgan fingerprint density at radius 2 is 2.25 bits per heavy atom. The van der Waals surface area contributed by atoms with E-state index in [0.717, 1.165) is 25.4 Å². The number of thiazole rings is 1. The average molecular weight is 294 g/mol. The van der Waals surface area contributed by atoms with Gasteiger partial charge in [-0.05, 0) is 28.1 Å². The molecule has 5 heteroatoms. The maximum Gasteiger partial charge on any atom is 0.140 e. The summed E-state index contributed by atoms with van der Waals surface area (Å²) in [6.45, 7) is 0. The Hall–Kier alpha value is -1.20. The molecule has 0 aliphatic heterocycles. The van der Waals surface area contributed by atoms with Crippen molar-refractivity contribution in [2.45, 2.75) is 0 Å². The van der Waals surface area contributed by atoms with Crippen LogP contribution in [0.1, 0.15) is 0 Å². The van der Waals surface area contributed by atoms with Crippen molar-refractivity contribution < 1.29 is 0 Å². The Labute approximate surface area is 105 Å². The molecule has 3 aromatic heterocycles. The number of hydrogen-bond donors (Lipinski definition) is 0. The van der Waals surface area contributed by atoms with Crippen LogP contribution in [0.25, 0.3) is 21.6 Å². The number of aromatic nitrogens is 3. The number of hydrogen-bond acceptors (Lipinski definition) is 3. The third-order valence-electron chi connectivity index (χ3n) is 2.44. The lowest BCUT2D eigenvalue weighted by molar-refractivity contribution is 0.949. The van der Waals surface area contributed by atoms with Gasteiger partial charge in [0.05, 0.1) is 9.98 Å². The van der Waals surface area contributed by atoms with Crippen LogP contribution < -0.4 is 0 Å². The van der Waals surface area contributed by atoms with Crippen LogP contribution in [-0.2, 0) is 7.05 Å². The van der Waals surface area contributed by atoms with Crippen LogP contribution in [0.15, 0.2) is 34.5 Å². The minimum atomic E-state index is 0.990. The summed E-state index contributed by atoms with van der Waals surface area (Å²) >= 11 is 5.07. The van der Waals surface area contributed by atoms with Crippen LogP contribution in [0.2, 0.25) is 0 Å². The zero-order valence-corrected chi connectivity index (χ0v) is 10.9. The summed E-state index contributed by atoms with van der Waals surface area (Å²) in [4.78, 5) is 8.74. The van der Waals surface area contributed by atoms with Gasteiger partial charge >= 0.3 is 0 Å². The molecular weight excluding hydrogens is 286 g/mol. The minimum absolute atomic E-state index is 0.990. The molecule has 0 saturated carbocycles. The molecule has 0 atom stereocenters. The van der Waals surface area contributed by atoms with Crippen LogP contribution in [0.4, 0.5) is 0 Å². The summed E-state index contributed by atoms with van der Waals surface area (Å²) in [5, 5.41) is 2.16. The second-order valence-corrected chi connectivity index (χ2v) is 5.91. The molecule has 0 aromatic carbocycles. The van der Waals surface area contributed by atoms with E-state index in [2.05, 4.69) is 38.2 Å². The first-order valence-corrected chi connectivity index (χ1v) is 6.38. The van der Waals surface area contributed by atoms with E-state index in [1.165, 1.54) is 0 Å². The average Bonchev–Trinajstić information content (AvgIpc) is 2.84. The smallest absolute Gasteiger partial charge is 0.140 e. The predicted molar refractivity (Wildman–Crippen MR) is 69.5 cm³/mol. The monoisotopic (exact) mass is 293 g/mol. The van der Waals surface area contributed by atoms with Gasteiger partial charge in [-0.15, -0.1) is 11.3 Å². The van der Waals surface area contributed by atoms with Crippen molar-refractivity contribution >= 4 is 38.3 Å². The summed E-state index contributed by atoms with van der Waals surface area (Å²) in [5.41, 5.74) is 2.13. The second kappa shape index (κ2) is 3.68. The molecular formula is C11H8BrN3S. The van der Waals surface area contributed by atoms with Gasteiger partial charge in [-0.25, -0.2) is 9.97 Å². The van der Waals surface area contributed by atoms with Crippen LogP contribution in [-0.4, -0.2) is 14.5 Å². The maximum atomic E-state index is 4.38. The largest absolute Gasteiger partial charge is 0.335 e. The minimum Gasteiger partial charge on any atom is -0.335 e. The van der Waals surface area contributed by atoms with E-state index in [9.17, 15) is 0 Å². The molecule has 0 N–H and O–H groups in total. The maximum absolute atomic E-state index is 4.38. The van der Waals surface area contributed by atoms with Crippen molar-refractivity contribution in [2.75, 3.05) is 0 Å². The van der Waals surface area contributed by atoms with Crippen molar-refractivity contribution in [3.05, 3.63) is 34.5 Å². The highest BCUT2D eigenvalue weighted by Crippen LogP contribution is 2.33. The molecule has 0 radical (unpaired) electrons. The van der Waals surface area contributed by atoms with E-state index in [1.54, 1.807) is 11.3 Å². The Morgan fingerprint density at radius 1 is 1.38 bits per heavy atom. The van der Waals surface area contributed by atoms with Crippen LogP contribution in [0.3, 0.4) is 0 Å². The molecule has 16 heavy (non-hydrogen) atoms. The highest BCUT2D eigenvalue weighted by Gasteiger charge is 2.11. The van der Waals surface area contributed by atoms with Gasteiger partial charge in [0.25, 0.3) is 0 Å². The van der Waals surface area contributed by atoms with Gasteiger partial charge in [-0.2, -0.15) is 0 Å². The number of aryl methyl sites for hydroxylation is 1. The predicted octanol–water partition coefficient (Wildman–Crippen LogP) is 3.46. The first-order chi connectivity index (χ1) is 7.75. The summed E-state index contributed by atoms with van der Waals surface area (Å²) in [7, 11) is 2.00. The molecule has 3 heterocycles. The van der Waals surface area contributed by atoms with Gasteiger partial charge in [0.1, 0.15) is 10.7 Å².